The number of hydrogen-bond donors (Lipinski definition) is 1. The molecule has 6 nitrogen and oxygen atoms in total. The van der Waals surface area contributed by atoms with Crippen LogP contribution in [0, 0.1) is 0 Å². The Labute approximate surface area is 98.9 Å². The van der Waals surface area contributed by atoms with Gasteiger partial charge in [-0.25, -0.2) is 0 Å². The van der Waals surface area contributed by atoms with E-state index in [0.29, 0.717) is 22.9 Å². The second-order valence-corrected chi connectivity index (χ2v) is 3.52. The molecule has 0 aliphatic heterocycles. The molecule has 0 atom stereocenters. The van der Waals surface area contributed by atoms with Gasteiger partial charge in [0.2, 0.25) is 0 Å². The van der Waals surface area contributed by atoms with E-state index < -0.39 is 0 Å². The molecule has 0 amide bonds. The third kappa shape index (κ3) is 2.01. The Morgan fingerprint density at radius 2 is 2.00 bits per heavy atom. The molecule has 0 spiro atoms. The zero-order chi connectivity index (χ0) is 12.4. The Morgan fingerprint density at radius 1 is 1.24 bits per heavy atom. The van der Waals surface area contributed by atoms with E-state index in [1.165, 1.54) is 4.80 Å². The summed E-state index contributed by atoms with van der Waals surface area (Å²) in [5, 5.41) is 8.24. The van der Waals surface area contributed by atoms with Gasteiger partial charge in [-0.1, -0.05) is 0 Å². The van der Waals surface area contributed by atoms with Gasteiger partial charge in [-0.05, 0) is 6.07 Å². The summed E-state index contributed by atoms with van der Waals surface area (Å²) in [4.78, 5) is 1.48. The van der Waals surface area contributed by atoms with E-state index in [4.69, 9.17) is 15.2 Å². The van der Waals surface area contributed by atoms with E-state index in [9.17, 15) is 0 Å². The average molecular weight is 234 g/mol. The fourth-order valence-corrected chi connectivity index (χ4v) is 1.63. The van der Waals surface area contributed by atoms with Crippen molar-refractivity contribution >= 4 is 5.69 Å². The number of nitrogens with two attached hydrogens (primary N) is 1. The van der Waals surface area contributed by atoms with E-state index in [1.54, 1.807) is 33.5 Å². The van der Waals surface area contributed by atoms with Crippen LogP contribution in [0.1, 0.15) is 0 Å². The lowest BCUT2D eigenvalue weighted by atomic mass is 10.1. The molecular formula is C11H14N4O2. The molecule has 6 heteroatoms. The van der Waals surface area contributed by atoms with Crippen molar-refractivity contribution in [1.82, 2.24) is 15.0 Å². The largest absolute Gasteiger partial charge is 0.497 e. The SMILES string of the molecule is COc1cc(N)c(OC)c(-c2cnn(C)n2)c1. The highest BCUT2D eigenvalue weighted by atomic mass is 16.5. The maximum absolute atomic E-state index is 5.89. The van der Waals surface area contributed by atoms with Gasteiger partial charge in [-0.15, -0.1) is 0 Å². The van der Waals surface area contributed by atoms with Crippen LogP contribution in [0.25, 0.3) is 11.3 Å². The quantitative estimate of drug-likeness (QED) is 0.804. The highest BCUT2D eigenvalue weighted by Crippen LogP contribution is 2.37. The van der Waals surface area contributed by atoms with Crippen molar-refractivity contribution < 1.29 is 9.47 Å². The average Bonchev–Trinajstić information content (AvgIpc) is 2.74. The summed E-state index contributed by atoms with van der Waals surface area (Å²) in [6.07, 6.45) is 1.65. The lowest BCUT2D eigenvalue weighted by molar-refractivity contribution is 0.406. The van der Waals surface area contributed by atoms with Gasteiger partial charge < -0.3 is 15.2 Å². The van der Waals surface area contributed by atoms with Crippen LogP contribution in [0.15, 0.2) is 18.3 Å². The summed E-state index contributed by atoms with van der Waals surface area (Å²) < 4.78 is 10.5. The summed E-state index contributed by atoms with van der Waals surface area (Å²) >= 11 is 0. The minimum absolute atomic E-state index is 0.507. The van der Waals surface area contributed by atoms with Crippen LogP contribution in [0.2, 0.25) is 0 Å². The summed E-state index contributed by atoms with van der Waals surface area (Å²) in [6.45, 7) is 0. The smallest absolute Gasteiger partial charge is 0.151 e. The standard InChI is InChI=1S/C11H14N4O2/c1-15-13-6-10(14-15)8-4-7(16-2)5-9(12)11(8)17-3/h4-6H,12H2,1-3H3. The number of nitrogen functional groups attached to an aromatic ring is 1. The van der Waals surface area contributed by atoms with E-state index in [0.717, 1.165) is 5.56 Å². The summed E-state index contributed by atoms with van der Waals surface area (Å²) in [6, 6.07) is 3.53. The van der Waals surface area contributed by atoms with Crippen LogP contribution in [-0.2, 0) is 7.05 Å². The molecule has 0 unspecified atom stereocenters. The van der Waals surface area contributed by atoms with Gasteiger partial charge >= 0.3 is 0 Å². The lowest BCUT2D eigenvalue weighted by Gasteiger charge is -2.11. The second-order valence-electron chi connectivity index (χ2n) is 3.52. The van der Waals surface area contributed by atoms with E-state index in [-0.39, 0.29) is 0 Å². The van der Waals surface area contributed by atoms with E-state index in [2.05, 4.69) is 10.2 Å². The molecule has 0 fully saturated rings. The van der Waals surface area contributed by atoms with Crippen molar-refractivity contribution in [2.24, 2.45) is 7.05 Å². The van der Waals surface area contributed by atoms with Crippen molar-refractivity contribution in [2.45, 2.75) is 0 Å². The van der Waals surface area contributed by atoms with E-state index >= 15 is 0 Å². The molecule has 2 N–H and O–H groups in total. The van der Waals surface area contributed by atoms with Gasteiger partial charge in [0.25, 0.3) is 0 Å². The van der Waals surface area contributed by atoms with Crippen LogP contribution in [0.4, 0.5) is 5.69 Å². The fourth-order valence-electron chi connectivity index (χ4n) is 1.63. The van der Waals surface area contributed by atoms with Gasteiger partial charge in [-0.3, -0.25) is 0 Å². The van der Waals surface area contributed by atoms with Gasteiger partial charge in [0.05, 0.1) is 31.7 Å². The zero-order valence-electron chi connectivity index (χ0n) is 9.97. The minimum atomic E-state index is 0.507. The molecule has 0 aliphatic rings. The minimum Gasteiger partial charge on any atom is -0.497 e. The first kappa shape index (κ1) is 11.3. The topological polar surface area (TPSA) is 75.2 Å². The van der Waals surface area contributed by atoms with Crippen molar-refractivity contribution in [3.63, 3.8) is 0 Å². The molecule has 1 heterocycles. The van der Waals surface area contributed by atoms with Crippen molar-refractivity contribution in [2.75, 3.05) is 20.0 Å². The number of methoxy groups -OCH3 is 2. The van der Waals surface area contributed by atoms with Crippen LogP contribution >= 0.6 is 0 Å². The summed E-state index contributed by atoms with van der Waals surface area (Å²) in [5.74, 6) is 1.23. The maximum Gasteiger partial charge on any atom is 0.151 e. The molecule has 1 aromatic carbocycles. The van der Waals surface area contributed by atoms with Gasteiger partial charge in [0, 0.05) is 13.1 Å². The first-order valence-corrected chi connectivity index (χ1v) is 5.04. The molecular weight excluding hydrogens is 220 g/mol. The maximum atomic E-state index is 5.89. The molecule has 2 rings (SSSR count). The summed E-state index contributed by atoms with van der Waals surface area (Å²) in [7, 11) is 4.90. The monoisotopic (exact) mass is 234 g/mol. The number of ether oxygens (including phenoxy) is 2. The van der Waals surface area contributed by atoms with Crippen molar-refractivity contribution in [3.8, 4) is 22.8 Å². The Balaban J connectivity index is 2.61. The Kier molecular flexibility index (Phi) is 2.86. The normalized spacial score (nSPS) is 10.3. The predicted octanol–water partition coefficient (Wildman–Crippen LogP) is 1.08. The Morgan fingerprint density at radius 3 is 2.53 bits per heavy atom. The molecule has 90 valence electrons. The first-order valence-electron chi connectivity index (χ1n) is 5.04. The van der Waals surface area contributed by atoms with Crippen LogP contribution in [0.5, 0.6) is 11.5 Å². The van der Waals surface area contributed by atoms with Crippen LogP contribution < -0.4 is 15.2 Å². The number of aryl methyl sites for hydroxylation is 1. The number of hydrogen-bond acceptors (Lipinski definition) is 5. The Hall–Kier alpha value is -2.24. The van der Waals surface area contributed by atoms with E-state index in [1.807, 2.05) is 6.07 Å². The van der Waals surface area contributed by atoms with Crippen LogP contribution in [-0.4, -0.2) is 29.2 Å². The van der Waals surface area contributed by atoms with Gasteiger partial charge in [0.1, 0.15) is 11.4 Å². The molecule has 0 aliphatic carbocycles. The second kappa shape index (κ2) is 4.32. The Bertz CT molecular complexity index is 536. The molecule has 1 aromatic heterocycles. The number of aromatic nitrogens is 3. The summed E-state index contributed by atoms with van der Waals surface area (Å²) in [5.41, 5.74) is 7.85. The first-order chi connectivity index (χ1) is 8.15. The van der Waals surface area contributed by atoms with Crippen LogP contribution in [0.3, 0.4) is 0 Å². The predicted molar refractivity (Wildman–Crippen MR) is 64.0 cm³/mol. The third-order valence-corrected chi connectivity index (χ3v) is 2.41. The molecule has 0 bridgehead atoms. The van der Waals surface area contributed by atoms with Crippen molar-refractivity contribution in [1.29, 1.82) is 0 Å². The number of rotatable bonds is 3. The highest BCUT2D eigenvalue weighted by molar-refractivity contribution is 5.76. The zero-order valence-corrected chi connectivity index (χ0v) is 9.97. The lowest BCUT2D eigenvalue weighted by Crippen LogP contribution is -1.98. The third-order valence-electron chi connectivity index (χ3n) is 2.41. The number of anilines is 1. The number of nitrogens with zero attached hydrogens (tertiary/aromatic N) is 3. The molecule has 0 saturated heterocycles. The molecule has 2 aromatic rings. The molecule has 17 heavy (non-hydrogen) atoms. The highest BCUT2D eigenvalue weighted by Gasteiger charge is 2.14. The molecule has 0 saturated carbocycles. The van der Waals surface area contributed by atoms with Crippen molar-refractivity contribution in [3.05, 3.63) is 18.3 Å². The fraction of sp³-hybridized carbons (Fsp3) is 0.273. The van der Waals surface area contributed by atoms with Gasteiger partial charge in [0.15, 0.2) is 5.75 Å². The molecule has 0 radical (unpaired) electrons. The number of benzene rings is 1. The van der Waals surface area contributed by atoms with Gasteiger partial charge in [-0.2, -0.15) is 15.0 Å².